The fourth-order valence-electron chi connectivity index (χ4n) is 1.61. The van der Waals surface area contributed by atoms with E-state index in [9.17, 15) is 4.79 Å². The summed E-state index contributed by atoms with van der Waals surface area (Å²) < 4.78 is 0. The van der Waals surface area contributed by atoms with Crippen molar-refractivity contribution < 1.29 is 10.0 Å². The first-order valence-corrected chi connectivity index (χ1v) is 5.91. The second-order valence-electron chi connectivity index (χ2n) is 4.12. The van der Waals surface area contributed by atoms with Crippen molar-refractivity contribution in [1.29, 1.82) is 0 Å². The molecule has 5 heteroatoms. The van der Waals surface area contributed by atoms with E-state index < -0.39 is 0 Å². The fraction of sp³-hybridized carbons (Fsp3) is 0.385. The number of amides is 1. The minimum atomic E-state index is -0.0241. The zero-order chi connectivity index (χ0) is 13.4. The summed E-state index contributed by atoms with van der Waals surface area (Å²) in [5.41, 5.74) is 7.67. The van der Waals surface area contributed by atoms with E-state index in [0.717, 1.165) is 6.42 Å². The number of oxime groups is 1. The van der Waals surface area contributed by atoms with E-state index in [4.69, 9.17) is 10.9 Å². The van der Waals surface area contributed by atoms with Crippen LogP contribution in [0.15, 0.2) is 29.4 Å². The summed E-state index contributed by atoms with van der Waals surface area (Å²) in [7, 11) is 0. The molecule has 1 aromatic rings. The van der Waals surface area contributed by atoms with Gasteiger partial charge in [-0.1, -0.05) is 29.4 Å². The maximum absolute atomic E-state index is 11.5. The lowest BCUT2D eigenvalue weighted by molar-refractivity contribution is -0.121. The zero-order valence-electron chi connectivity index (χ0n) is 10.5. The lowest BCUT2D eigenvalue weighted by Gasteiger charge is -2.06. The number of nitrogens with two attached hydrogens (primary N) is 1. The quantitative estimate of drug-likeness (QED) is 0.306. The molecule has 98 valence electrons. The molecule has 0 saturated heterocycles. The van der Waals surface area contributed by atoms with Crippen LogP contribution in [-0.4, -0.2) is 23.5 Å². The summed E-state index contributed by atoms with van der Waals surface area (Å²) in [4.78, 5) is 11.5. The van der Waals surface area contributed by atoms with Gasteiger partial charge < -0.3 is 16.3 Å². The Balaban J connectivity index is 2.27. The van der Waals surface area contributed by atoms with Gasteiger partial charge in [-0.15, -0.1) is 0 Å². The number of carbonyl (C=O) groups excluding carboxylic acids is 1. The highest BCUT2D eigenvalue weighted by molar-refractivity contribution is 5.81. The van der Waals surface area contributed by atoms with Crippen LogP contribution in [-0.2, 0) is 11.2 Å². The molecule has 1 aromatic carbocycles. The Labute approximate surface area is 107 Å². The summed E-state index contributed by atoms with van der Waals surface area (Å²) in [5, 5.41) is 13.9. The van der Waals surface area contributed by atoms with Crippen LogP contribution >= 0.6 is 0 Å². The van der Waals surface area contributed by atoms with Gasteiger partial charge in [-0.3, -0.25) is 4.79 Å². The molecule has 0 aliphatic rings. The Kier molecular flexibility index (Phi) is 5.70. The molecule has 0 unspecified atom stereocenters. The molecule has 0 saturated carbocycles. The highest BCUT2D eigenvalue weighted by atomic mass is 16.4. The van der Waals surface area contributed by atoms with E-state index in [-0.39, 0.29) is 11.7 Å². The van der Waals surface area contributed by atoms with Gasteiger partial charge in [-0.25, -0.2) is 0 Å². The predicted molar refractivity (Wildman–Crippen MR) is 70.5 cm³/mol. The molecule has 1 amide bonds. The van der Waals surface area contributed by atoms with Gasteiger partial charge in [0.15, 0.2) is 0 Å². The third-order valence-electron chi connectivity index (χ3n) is 2.71. The summed E-state index contributed by atoms with van der Waals surface area (Å²) in [6.45, 7) is 2.42. The van der Waals surface area contributed by atoms with E-state index in [1.54, 1.807) is 0 Å². The molecule has 0 bridgehead atoms. The lowest BCUT2D eigenvalue weighted by atomic mass is 10.0. The maximum Gasteiger partial charge on any atom is 0.220 e. The largest absolute Gasteiger partial charge is 0.409 e. The minimum absolute atomic E-state index is 0.0241. The number of nitrogens with one attached hydrogen (secondary N) is 1. The highest BCUT2D eigenvalue weighted by Gasteiger charge is 2.03. The lowest BCUT2D eigenvalue weighted by Crippen LogP contribution is -2.28. The summed E-state index contributed by atoms with van der Waals surface area (Å²) in [6, 6.07) is 8.01. The number of hydrogen-bond acceptors (Lipinski definition) is 3. The third kappa shape index (κ3) is 4.86. The van der Waals surface area contributed by atoms with Gasteiger partial charge in [0.1, 0.15) is 5.84 Å². The molecule has 0 aliphatic carbocycles. The number of amidine groups is 1. The summed E-state index contributed by atoms with van der Waals surface area (Å²) >= 11 is 0. The van der Waals surface area contributed by atoms with Gasteiger partial charge in [0, 0.05) is 19.4 Å². The fourth-order valence-corrected chi connectivity index (χ4v) is 1.61. The van der Waals surface area contributed by atoms with Gasteiger partial charge in [-0.2, -0.15) is 0 Å². The highest BCUT2D eigenvalue weighted by Crippen LogP contribution is 2.09. The second-order valence-corrected chi connectivity index (χ2v) is 4.12. The number of hydrogen-bond donors (Lipinski definition) is 3. The van der Waals surface area contributed by atoms with Gasteiger partial charge in [0.05, 0.1) is 0 Å². The van der Waals surface area contributed by atoms with Crippen molar-refractivity contribution >= 4 is 11.7 Å². The van der Waals surface area contributed by atoms with Crippen molar-refractivity contribution in [2.45, 2.75) is 26.2 Å². The van der Waals surface area contributed by atoms with E-state index in [1.807, 2.05) is 31.2 Å². The van der Waals surface area contributed by atoms with Gasteiger partial charge in [0.25, 0.3) is 0 Å². The molecule has 0 atom stereocenters. The van der Waals surface area contributed by atoms with E-state index in [2.05, 4.69) is 10.5 Å². The third-order valence-corrected chi connectivity index (χ3v) is 2.71. The molecule has 0 heterocycles. The molecule has 0 spiro atoms. The van der Waals surface area contributed by atoms with E-state index in [1.165, 1.54) is 11.1 Å². The van der Waals surface area contributed by atoms with E-state index >= 15 is 0 Å². The van der Waals surface area contributed by atoms with Crippen molar-refractivity contribution in [2.75, 3.05) is 6.54 Å². The summed E-state index contributed by atoms with van der Waals surface area (Å²) in [6.07, 6.45) is 1.52. The first-order valence-electron chi connectivity index (χ1n) is 5.91. The molecule has 1 rings (SSSR count). The van der Waals surface area contributed by atoms with Gasteiger partial charge in [0.2, 0.25) is 5.91 Å². The molecule has 5 nitrogen and oxygen atoms in total. The first-order chi connectivity index (χ1) is 8.63. The normalized spacial score (nSPS) is 11.3. The van der Waals surface area contributed by atoms with Crippen LogP contribution in [0, 0.1) is 6.92 Å². The average molecular weight is 249 g/mol. The molecule has 0 aromatic heterocycles. The van der Waals surface area contributed by atoms with Crippen LogP contribution in [0.4, 0.5) is 0 Å². The van der Waals surface area contributed by atoms with Crippen molar-refractivity contribution in [3.63, 3.8) is 0 Å². The first kappa shape index (κ1) is 14.0. The Morgan fingerprint density at radius 3 is 2.78 bits per heavy atom. The van der Waals surface area contributed by atoms with Crippen LogP contribution in [0.5, 0.6) is 0 Å². The molecule has 18 heavy (non-hydrogen) atoms. The summed E-state index contributed by atoms with van der Waals surface area (Å²) in [5.74, 6) is 0.0956. The zero-order valence-corrected chi connectivity index (χ0v) is 10.5. The van der Waals surface area contributed by atoms with Gasteiger partial charge >= 0.3 is 0 Å². The monoisotopic (exact) mass is 249 g/mol. The predicted octanol–water partition coefficient (Wildman–Crippen LogP) is 1.18. The minimum Gasteiger partial charge on any atom is -0.409 e. The van der Waals surface area contributed by atoms with Crippen LogP contribution in [0.2, 0.25) is 0 Å². The maximum atomic E-state index is 11.5. The topological polar surface area (TPSA) is 87.7 Å². The van der Waals surface area contributed by atoms with Crippen LogP contribution in [0.1, 0.15) is 24.0 Å². The van der Waals surface area contributed by atoms with Crippen LogP contribution < -0.4 is 11.1 Å². The Morgan fingerprint density at radius 2 is 2.11 bits per heavy atom. The standard InChI is InChI=1S/C13H19N3O2/c1-10-4-2-3-5-11(10)6-7-13(17)15-9-8-12(14)16-18/h2-5,18H,6-9H2,1H3,(H2,14,16)(H,15,17). The van der Waals surface area contributed by atoms with Crippen molar-refractivity contribution in [3.8, 4) is 0 Å². The SMILES string of the molecule is Cc1ccccc1CCC(=O)NCCC(N)=NO. The van der Waals surface area contributed by atoms with E-state index in [0.29, 0.717) is 19.4 Å². The van der Waals surface area contributed by atoms with Crippen molar-refractivity contribution in [2.24, 2.45) is 10.9 Å². The molecule has 4 N–H and O–H groups in total. The number of carbonyl (C=O) groups is 1. The second kappa shape index (κ2) is 7.32. The van der Waals surface area contributed by atoms with Crippen LogP contribution in [0.3, 0.4) is 0 Å². The van der Waals surface area contributed by atoms with Crippen molar-refractivity contribution in [3.05, 3.63) is 35.4 Å². The molecular formula is C13H19N3O2. The Bertz CT molecular complexity index is 430. The average Bonchev–Trinajstić information content (AvgIpc) is 2.37. The molecule has 0 radical (unpaired) electrons. The smallest absolute Gasteiger partial charge is 0.220 e. The van der Waals surface area contributed by atoms with Crippen LogP contribution in [0.25, 0.3) is 0 Å². The number of benzene rings is 1. The Hall–Kier alpha value is -2.04. The number of aryl methyl sites for hydroxylation is 2. The van der Waals surface area contributed by atoms with Crippen molar-refractivity contribution in [1.82, 2.24) is 5.32 Å². The molecule has 0 fully saturated rings. The molecule has 0 aliphatic heterocycles. The van der Waals surface area contributed by atoms with Gasteiger partial charge in [-0.05, 0) is 24.5 Å². The number of nitrogens with zero attached hydrogens (tertiary/aromatic N) is 1. The number of rotatable bonds is 6. The Morgan fingerprint density at radius 1 is 1.39 bits per heavy atom. The molecular weight excluding hydrogens is 230 g/mol.